The Balaban J connectivity index is 1.40. The number of hydrogen-bond acceptors (Lipinski definition) is 3. The summed E-state index contributed by atoms with van der Waals surface area (Å²) in [6.45, 7) is 3.66. The van der Waals surface area contributed by atoms with Crippen molar-refractivity contribution < 1.29 is 0 Å². The second-order valence-corrected chi connectivity index (χ2v) is 6.92. The van der Waals surface area contributed by atoms with E-state index < -0.39 is 0 Å². The Hall–Kier alpha value is -2.89. The molecule has 4 rings (SSSR count). The summed E-state index contributed by atoms with van der Waals surface area (Å²) < 4.78 is 2.04. The molecular formula is C21H26N6. The van der Waals surface area contributed by atoms with Gasteiger partial charge in [0, 0.05) is 32.5 Å². The van der Waals surface area contributed by atoms with E-state index in [4.69, 9.17) is 0 Å². The quantitative estimate of drug-likeness (QED) is 0.553. The number of benzene rings is 2. The van der Waals surface area contributed by atoms with Crippen molar-refractivity contribution in [3.8, 4) is 0 Å². The minimum atomic E-state index is 0.308. The van der Waals surface area contributed by atoms with Crippen LogP contribution in [0.25, 0.3) is 10.8 Å². The van der Waals surface area contributed by atoms with Gasteiger partial charge in [-0.05, 0) is 22.8 Å². The number of aryl methyl sites for hydroxylation is 2. The van der Waals surface area contributed by atoms with E-state index in [0.29, 0.717) is 6.04 Å². The molecule has 6 nitrogen and oxygen atoms in total. The van der Waals surface area contributed by atoms with Crippen molar-refractivity contribution in [2.24, 2.45) is 4.99 Å². The Morgan fingerprint density at radius 3 is 2.93 bits per heavy atom. The fourth-order valence-electron chi connectivity index (χ4n) is 3.64. The topological polar surface area (TPSA) is 67.1 Å². The van der Waals surface area contributed by atoms with Crippen molar-refractivity contribution in [2.45, 2.75) is 45.3 Å². The molecule has 0 fully saturated rings. The molecule has 140 valence electrons. The molecule has 0 bridgehead atoms. The Morgan fingerprint density at radius 1 is 1.22 bits per heavy atom. The third kappa shape index (κ3) is 3.79. The van der Waals surface area contributed by atoms with E-state index in [2.05, 4.69) is 75.1 Å². The normalized spacial score (nSPS) is 17.0. The van der Waals surface area contributed by atoms with Gasteiger partial charge in [0.2, 0.25) is 0 Å². The minimum Gasteiger partial charge on any atom is -0.352 e. The van der Waals surface area contributed by atoms with Crippen molar-refractivity contribution >= 4 is 16.7 Å². The molecule has 1 aliphatic heterocycles. The molecule has 2 heterocycles. The molecule has 2 N–H and O–H groups in total. The summed E-state index contributed by atoms with van der Waals surface area (Å²) in [5.74, 6) is 2.86. The number of nitrogens with one attached hydrogen (secondary N) is 2. The highest BCUT2D eigenvalue weighted by molar-refractivity contribution is 5.86. The van der Waals surface area contributed by atoms with Gasteiger partial charge in [0.25, 0.3) is 0 Å². The fraction of sp³-hybridized carbons (Fsp3) is 0.381. The van der Waals surface area contributed by atoms with E-state index in [-0.39, 0.29) is 0 Å². The molecule has 0 saturated heterocycles. The monoisotopic (exact) mass is 362 g/mol. The lowest BCUT2D eigenvalue weighted by Crippen LogP contribution is -2.46. The molecule has 1 aromatic heterocycles. The number of aliphatic imine (C=N–C) groups is 1. The first-order chi connectivity index (χ1) is 13.3. The van der Waals surface area contributed by atoms with Crippen LogP contribution in [0.1, 0.15) is 30.6 Å². The van der Waals surface area contributed by atoms with Crippen LogP contribution in [-0.2, 0) is 25.9 Å². The molecule has 1 aliphatic rings. The van der Waals surface area contributed by atoms with Crippen molar-refractivity contribution in [2.75, 3.05) is 7.05 Å². The van der Waals surface area contributed by atoms with Gasteiger partial charge in [0.1, 0.15) is 5.82 Å². The van der Waals surface area contributed by atoms with Gasteiger partial charge >= 0.3 is 0 Å². The van der Waals surface area contributed by atoms with Gasteiger partial charge in [-0.1, -0.05) is 49.4 Å². The van der Waals surface area contributed by atoms with Crippen LogP contribution in [-0.4, -0.2) is 33.8 Å². The summed E-state index contributed by atoms with van der Waals surface area (Å²) in [6, 6.07) is 15.2. The fourth-order valence-corrected chi connectivity index (χ4v) is 3.64. The van der Waals surface area contributed by atoms with E-state index in [1.807, 2.05) is 11.7 Å². The average molecular weight is 362 g/mol. The summed E-state index contributed by atoms with van der Waals surface area (Å²) in [6.07, 6.45) is 2.87. The first-order valence-electron chi connectivity index (χ1n) is 9.63. The largest absolute Gasteiger partial charge is 0.352 e. The summed E-state index contributed by atoms with van der Waals surface area (Å²) in [5, 5.41) is 14.1. The Kier molecular flexibility index (Phi) is 5.05. The average Bonchev–Trinajstić information content (AvgIpc) is 3.13. The van der Waals surface area contributed by atoms with Gasteiger partial charge < -0.3 is 10.6 Å². The lowest BCUT2D eigenvalue weighted by molar-refractivity contribution is 0.392. The zero-order chi connectivity index (χ0) is 18.6. The Labute approximate surface area is 159 Å². The SMILES string of the molecule is CCc1nc2n(n1)CC(NC(=NC)NCc1cccc3ccccc13)CC2. The standard InChI is InChI=1S/C21H26N6/c1-3-19-25-20-12-11-17(14-27(20)26-19)24-21(22-2)23-13-16-9-6-8-15-7-4-5-10-18(15)16/h4-10,17H,3,11-14H2,1-2H3,(H2,22,23,24). The summed E-state index contributed by atoms with van der Waals surface area (Å²) in [4.78, 5) is 8.99. The minimum absolute atomic E-state index is 0.308. The lowest BCUT2D eigenvalue weighted by Gasteiger charge is -2.25. The molecule has 1 atom stereocenters. The van der Waals surface area contributed by atoms with Crippen LogP contribution in [0.3, 0.4) is 0 Å². The third-order valence-electron chi connectivity index (χ3n) is 5.11. The number of rotatable bonds is 4. The summed E-state index contributed by atoms with van der Waals surface area (Å²) in [5.41, 5.74) is 1.27. The van der Waals surface area contributed by atoms with E-state index >= 15 is 0 Å². The Morgan fingerprint density at radius 2 is 2.07 bits per heavy atom. The molecule has 2 aromatic carbocycles. The number of nitrogens with zero attached hydrogens (tertiary/aromatic N) is 4. The highest BCUT2D eigenvalue weighted by Gasteiger charge is 2.22. The lowest BCUT2D eigenvalue weighted by atomic mass is 10.0. The van der Waals surface area contributed by atoms with Crippen LogP contribution in [0, 0.1) is 0 Å². The van der Waals surface area contributed by atoms with Crippen LogP contribution in [0.5, 0.6) is 0 Å². The second-order valence-electron chi connectivity index (χ2n) is 6.92. The summed E-state index contributed by atoms with van der Waals surface area (Å²) in [7, 11) is 1.82. The molecule has 0 spiro atoms. The smallest absolute Gasteiger partial charge is 0.191 e. The first-order valence-corrected chi connectivity index (χ1v) is 9.63. The van der Waals surface area contributed by atoms with Gasteiger partial charge in [-0.2, -0.15) is 5.10 Å². The van der Waals surface area contributed by atoms with Gasteiger partial charge in [-0.15, -0.1) is 0 Å². The molecule has 0 amide bonds. The van der Waals surface area contributed by atoms with Crippen LogP contribution >= 0.6 is 0 Å². The van der Waals surface area contributed by atoms with E-state index in [9.17, 15) is 0 Å². The number of hydrogen-bond donors (Lipinski definition) is 2. The maximum atomic E-state index is 4.59. The molecule has 1 unspecified atom stereocenters. The number of guanidine groups is 1. The first kappa shape index (κ1) is 17.5. The maximum Gasteiger partial charge on any atom is 0.191 e. The van der Waals surface area contributed by atoms with Gasteiger partial charge in [0.15, 0.2) is 11.8 Å². The van der Waals surface area contributed by atoms with Crippen molar-refractivity contribution in [3.05, 3.63) is 59.7 Å². The summed E-state index contributed by atoms with van der Waals surface area (Å²) >= 11 is 0. The second kappa shape index (κ2) is 7.78. The number of fused-ring (bicyclic) bond motifs is 2. The van der Waals surface area contributed by atoms with Crippen LogP contribution in [0.15, 0.2) is 47.5 Å². The van der Waals surface area contributed by atoms with E-state index in [1.54, 1.807) is 0 Å². The molecule has 0 radical (unpaired) electrons. The Bertz CT molecular complexity index is 953. The maximum absolute atomic E-state index is 4.59. The molecule has 0 aliphatic carbocycles. The van der Waals surface area contributed by atoms with Gasteiger partial charge in [-0.25, -0.2) is 9.67 Å². The van der Waals surface area contributed by atoms with Crippen LogP contribution in [0.2, 0.25) is 0 Å². The highest BCUT2D eigenvalue weighted by atomic mass is 15.4. The van der Waals surface area contributed by atoms with Crippen molar-refractivity contribution in [3.63, 3.8) is 0 Å². The third-order valence-corrected chi connectivity index (χ3v) is 5.11. The molecule has 0 saturated carbocycles. The predicted molar refractivity (Wildman–Crippen MR) is 109 cm³/mol. The number of aromatic nitrogens is 3. The van der Waals surface area contributed by atoms with Crippen molar-refractivity contribution in [1.82, 2.24) is 25.4 Å². The van der Waals surface area contributed by atoms with Crippen molar-refractivity contribution in [1.29, 1.82) is 0 Å². The zero-order valence-corrected chi connectivity index (χ0v) is 15.9. The van der Waals surface area contributed by atoms with E-state index in [0.717, 1.165) is 50.0 Å². The highest BCUT2D eigenvalue weighted by Crippen LogP contribution is 2.18. The predicted octanol–water partition coefficient (Wildman–Crippen LogP) is 2.67. The molecule has 6 heteroatoms. The molecule has 3 aromatic rings. The molecular weight excluding hydrogens is 336 g/mol. The van der Waals surface area contributed by atoms with Gasteiger partial charge in [0.05, 0.1) is 6.54 Å². The molecule has 27 heavy (non-hydrogen) atoms. The van der Waals surface area contributed by atoms with Gasteiger partial charge in [-0.3, -0.25) is 4.99 Å². The van der Waals surface area contributed by atoms with Crippen LogP contribution in [0.4, 0.5) is 0 Å². The van der Waals surface area contributed by atoms with E-state index in [1.165, 1.54) is 16.3 Å². The van der Waals surface area contributed by atoms with Crippen LogP contribution < -0.4 is 10.6 Å². The zero-order valence-electron chi connectivity index (χ0n) is 15.9.